The second-order valence-corrected chi connectivity index (χ2v) is 6.20. The van der Waals surface area contributed by atoms with E-state index in [1.165, 1.54) is 30.6 Å². The number of hydrogen-bond acceptors (Lipinski definition) is 3. The highest BCUT2D eigenvalue weighted by atomic mass is 35.5. The minimum Gasteiger partial charge on any atom is -0.619 e. The van der Waals surface area contributed by atoms with E-state index >= 15 is 0 Å². The summed E-state index contributed by atoms with van der Waals surface area (Å²) in [5.41, 5.74) is -0.703. The van der Waals surface area contributed by atoms with Gasteiger partial charge in [-0.25, -0.2) is 4.79 Å². The number of alkyl halides is 3. The number of pyridine rings is 1. The highest BCUT2D eigenvalue weighted by Gasteiger charge is 2.33. The molecule has 1 aromatic heterocycles. The van der Waals surface area contributed by atoms with Crippen LogP contribution in [0.5, 0.6) is 11.5 Å². The van der Waals surface area contributed by atoms with Crippen molar-refractivity contribution in [1.82, 2.24) is 0 Å². The Balaban J connectivity index is 1.61. The summed E-state index contributed by atoms with van der Waals surface area (Å²) >= 11 is 5.55. The van der Waals surface area contributed by atoms with Gasteiger partial charge in [-0.05, 0) is 42.5 Å². The Morgan fingerprint density at radius 3 is 2.10 bits per heavy atom. The Labute approximate surface area is 168 Å². The average Bonchev–Trinajstić information content (AvgIpc) is 2.66. The molecule has 0 radical (unpaired) electrons. The van der Waals surface area contributed by atoms with Crippen LogP contribution in [0.15, 0.2) is 67.0 Å². The molecular formula is C19H13ClF3N3O3. The molecular weight excluding hydrogens is 411 g/mol. The number of nitrogens with zero attached hydrogens (tertiary/aromatic N) is 1. The van der Waals surface area contributed by atoms with Gasteiger partial charge in [-0.1, -0.05) is 11.6 Å². The fraction of sp³-hybridized carbons (Fsp3) is 0.0526. The lowest BCUT2D eigenvalue weighted by atomic mass is 10.2. The van der Waals surface area contributed by atoms with Gasteiger partial charge in [0, 0.05) is 23.5 Å². The van der Waals surface area contributed by atoms with Crippen molar-refractivity contribution >= 4 is 29.0 Å². The van der Waals surface area contributed by atoms with Gasteiger partial charge in [0.05, 0.1) is 10.6 Å². The molecule has 0 saturated carbocycles. The number of carbonyl (C=O) groups is 1. The summed E-state index contributed by atoms with van der Waals surface area (Å²) in [5, 5.41) is 15.3. The number of benzene rings is 2. The van der Waals surface area contributed by atoms with E-state index in [-0.39, 0.29) is 5.69 Å². The lowest BCUT2D eigenvalue weighted by Crippen LogP contribution is -2.23. The van der Waals surface area contributed by atoms with Crippen LogP contribution in [-0.2, 0) is 6.18 Å². The molecule has 0 aliphatic carbocycles. The van der Waals surface area contributed by atoms with Crippen LogP contribution in [0, 0.1) is 5.21 Å². The average molecular weight is 424 g/mol. The number of hydrogen-bond donors (Lipinski definition) is 2. The molecule has 0 bridgehead atoms. The van der Waals surface area contributed by atoms with E-state index < -0.39 is 22.8 Å². The maximum Gasteiger partial charge on any atom is 0.417 e. The van der Waals surface area contributed by atoms with E-state index in [2.05, 4.69) is 10.6 Å². The molecule has 6 nitrogen and oxygen atoms in total. The highest BCUT2D eigenvalue weighted by molar-refractivity contribution is 6.31. The zero-order valence-corrected chi connectivity index (χ0v) is 15.3. The van der Waals surface area contributed by atoms with Gasteiger partial charge in [-0.2, -0.15) is 17.9 Å². The summed E-state index contributed by atoms with van der Waals surface area (Å²) in [6.07, 6.45) is -2.05. The van der Waals surface area contributed by atoms with Crippen molar-refractivity contribution in [2.45, 2.75) is 6.18 Å². The van der Waals surface area contributed by atoms with Gasteiger partial charge < -0.3 is 20.6 Å². The minimum absolute atomic E-state index is 0.0566. The highest BCUT2D eigenvalue weighted by Crippen LogP contribution is 2.36. The number of nitrogens with one attached hydrogen (secondary N) is 2. The number of anilines is 2. The van der Waals surface area contributed by atoms with Gasteiger partial charge in [0.25, 0.3) is 0 Å². The third kappa shape index (κ3) is 5.52. The smallest absolute Gasteiger partial charge is 0.417 e. The number of carbonyl (C=O) groups excluding carboxylic acids is 1. The standard InChI is InChI=1S/C19H13ClF3N3O3/c20-17-6-3-13(11-16(17)19(21,22)23)25-18(27)24-12-1-4-14(5-2-12)29-15-7-9-26(28)10-8-15/h1-11H,(H2,24,25,27). The van der Waals surface area contributed by atoms with E-state index in [4.69, 9.17) is 16.3 Å². The minimum atomic E-state index is -4.63. The summed E-state index contributed by atoms with van der Waals surface area (Å²) in [5.74, 6) is 0.922. The van der Waals surface area contributed by atoms with Crippen molar-refractivity contribution in [1.29, 1.82) is 0 Å². The number of halogens is 4. The summed E-state index contributed by atoms with van der Waals surface area (Å²) in [7, 11) is 0. The molecule has 2 N–H and O–H groups in total. The molecule has 0 unspecified atom stereocenters. The van der Waals surface area contributed by atoms with Gasteiger partial charge in [0.1, 0.15) is 11.5 Å². The van der Waals surface area contributed by atoms with Crippen molar-refractivity contribution < 1.29 is 27.4 Å². The molecule has 1 heterocycles. The molecule has 0 spiro atoms. The Kier molecular flexibility index (Phi) is 5.79. The van der Waals surface area contributed by atoms with E-state index in [9.17, 15) is 23.2 Å². The Hall–Kier alpha value is -3.46. The number of ether oxygens (including phenoxy) is 1. The Morgan fingerprint density at radius 2 is 1.48 bits per heavy atom. The van der Waals surface area contributed by atoms with Crippen molar-refractivity contribution in [3.8, 4) is 11.5 Å². The Morgan fingerprint density at radius 1 is 0.931 bits per heavy atom. The van der Waals surface area contributed by atoms with Crippen molar-refractivity contribution in [2.24, 2.45) is 0 Å². The molecule has 0 fully saturated rings. The lowest BCUT2D eigenvalue weighted by molar-refractivity contribution is -0.605. The molecule has 2 amide bonds. The van der Waals surface area contributed by atoms with Crippen LogP contribution in [-0.4, -0.2) is 6.03 Å². The second-order valence-electron chi connectivity index (χ2n) is 5.79. The summed E-state index contributed by atoms with van der Waals surface area (Å²) in [6, 6.07) is 11.6. The van der Waals surface area contributed by atoms with Crippen molar-refractivity contribution in [2.75, 3.05) is 10.6 Å². The van der Waals surface area contributed by atoms with E-state index in [0.717, 1.165) is 12.1 Å². The fourth-order valence-corrected chi connectivity index (χ4v) is 2.55. The first-order chi connectivity index (χ1) is 13.7. The second kappa shape index (κ2) is 8.27. The first kappa shape index (κ1) is 20.3. The van der Waals surface area contributed by atoms with Crippen LogP contribution >= 0.6 is 11.6 Å². The Bertz CT molecular complexity index is 1010. The van der Waals surface area contributed by atoms with Gasteiger partial charge in [0.15, 0.2) is 12.4 Å². The largest absolute Gasteiger partial charge is 0.619 e. The molecule has 2 aromatic carbocycles. The normalized spacial score (nSPS) is 11.0. The first-order valence-corrected chi connectivity index (χ1v) is 8.50. The molecule has 0 atom stereocenters. The van der Waals surface area contributed by atoms with E-state index in [0.29, 0.717) is 21.9 Å². The molecule has 0 aliphatic heterocycles. The topological polar surface area (TPSA) is 77.3 Å². The van der Waals surface area contributed by atoms with Gasteiger partial charge in [-0.3, -0.25) is 0 Å². The first-order valence-electron chi connectivity index (χ1n) is 8.12. The molecule has 3 aromatic rings. The predicted molar refractivity (Wildman–Crippen MR) is 101 cm³/mol. The van der Waals surface area contributed by atoms with Crippen molar-refractivity contribution in [3.63, 3.8) is 0 Å². The predicted octanol–water partition coefficient (Wildman–Crippen LogP) is 5.43. The van der Waals surface area contributed by atoms with E-state index in [1.54, 1.807) is 24.3 Å². The van der Waals surface area contributed by atoms with Crippen LogP contribution in [0.2, 0.25) is 5.02 Å². The third-order valence-electron chi connectivity index (χ3n) is 3.65. The van der Waals surface area contributed by atoms with E-state index in [1.807, 2.05) is 0 Å². The van der Waals surface area contributed by atoms with Crippen LogP contribution in [0.25, 0.3) is 0 Å². The number of aromatic nitrogens is 1. The molecule has 29 heavy (non-hydrogen) atoms. The molecule has 10 heteroatoms. The SMILES string of the molecule is O=C(Nc1ccc(Oc2cc[n+]([O-])cc2)cc1)Nc1ccc(Cl)c(C(F)(F)F)c1. The molecule has 3 rings (SSSR count). The summed E-state index contributed by atoms with van der Waals surface area (Å²) in [4.78, 5) is 12.0. The number of rotatable bonds is 4. The molecule has 0 saturated heterocycles. The van der Waals surface area contributed by atoms with Crippen LogP contribution in [0.3, 0.4) is 0 Å². The van der Waals surface area contributed by atoms with Gasteiger partial charge in [-0.15, -0.1) is 0 Å². The van der Waals surface area contributed by atoms with Gasteiger partial charge >= 0.3 is 12.2 Å². The molecule has 0 aliphatic rings. The van der Waals surface area contributed by atoms with Crippen molar-refractivity contribution in [3.05, 3.63) is 82.8 Å². The quantitative estimate of drug-likeness (QED) is 0.434. The van der Waals surface area contributed by atoms with Crippen LogP contribution < -0.4 is 20.1 Å². The monoisotopic (exact) mass is 423 g/mol. The summed E-state index contributed by atoms with van der Waals surface area (Å²) in [6.45, 7) is 0. The maximum atomic E-state index is 12.9. The van der Waals surface area contributed by atoms with Gasteiger partial charge in [0.2, 0.25) is 0 Å². The fourth-order valence-electron chi connectivity index (χ4n) is 2.32. The zero-order chi connectivity index (χ0) is 21.0. The van der Waals surface area contributed by atoms with Crippen LogP contribution in [0.1, 0.15) is 5.56 Å². The summed E-state index contributed by atoms with van der Waals surface area (Å²) < 4.78 is 44.8. The third-order valence-corrected chi connectivity index (χ3v) is 3.98. The lowest BCUT2D eigenvalue weighted by Gasteiger charge is -2.12. The zero-order valence-electron chi connectivity index (χ0n) is 14.5. The molecule has 150 valence electrons. The number of amides is 2. The van der Waals surface area contributed by atoms with Crippen LogP contribution in [0.4, 0.5) is 29.3 Å². The maximum absolute atomic E-state index is 12.9. The number of urea groups is 1.